The van der Waals surface area contributed by atoms with E-state index in [0.29, 0.717) is 27.0 Å². The van der Waals surface area contributed by atoms with Gasteiger partial charge in [-0.1, -0.05) is 41.4 Å². The van der Waals surface area contributed by atoms with E-state index in [1.54, 1.807) is 43.3 Å². The number of amides is 4. The third-order valence-corrected chi connectivity index (χ3v) is 4.99. The summed E-state index contributed by atoms with van der Waals surface area (Å²) in [6.07, 6.45) is 0. The Morgan fingerprint density at radius 3 is 2.61 bits per heavy atom. The van der Waals surface area contributed by atoms with Crippen LogP contribution in [-0.4, -0.2) is 36.4 Å². The van der Waals surface area contributed by atoms with Crippen LogP contribution in [0.5, 0.6) is 5.75 Å². The molecule has 9 heteroatoms. The van der Waals surface area contributed by atoms with Gasteiger partial charge in [0.1, 0.15) is 17.8 Å². The second-order valence-corrected chi connectivity index (χ2v) is 7.16. The van der Waals surface area contributed by atoms with E-state index in [4.69, 9.17) is 27.9 Å². The van der Waals surface area contributed by atoms with Crippen molar-refractivity contribution in [2.75, 3.05) is 19.0 Å². The van der Waals surface area contributed by atoms with Crippen molar-refractivity contribution in [2.45, 2.75) is 12.5 Å². The molecule has 0 aliphatic carbocycles. The van der Waals surface area contributed by atoms with Crippen molar-refractivity contribution < 1.29 is 19.1 Å². The number of rotatable bonds is 5. The second-order valence-electron chi connectivity index (χ2n) is 6.32. The van der Waals surface area contributed by atoms with Crippen LogP contribution >= 0.6 is 23.2 Å². The number of nitrogens with zero attached hydrogens (tertiary/aromatic N) is 1. The van der Waals surface area contributed by atoms with E-state index >= 15 is 0 Å². The number of benzene rings is 2. The predicted molar refractivity (Wildman–Crippen MR) is 106 cm³/mol. The number of hydrogen-bond acceptors (Lipinski definition) is 4. The Morgan fingerprint density at radius 2 is 1.93 bits per heavy atom. The number of urea groups is 1. The predicted octanol–water partition coefficient (Wildman–Crippen LogP) is 3.41. The maximum Gasteiger partial charge on any atom is 0.325 e. The van der Waals surface area contributed by atoms with E-state index in [0.717, 1.165) is 4.90 Å². The zero-order chi connectivity index (χ0) is 20.5. The molecule has 1 aliphatic rings. The summed E-state index contributed by atoms with van der Waals surface area (Å²) in [4.78, 5) is 38.6. The van der Waals surface area contributed by atoms with E-state index in [2.05, 4.69) is 10.6 Å². The molecule has 4 amide bonds. The highest BCUT2D eigenvalue weighted by atomic mass is 35.5. The van der Waals surface area contributed by atoms with Crippen LogP contribution in [0.25, 0.3) is 0 Å². The van der Waals surface area contributed by atoms with Gasteiger partial charge in [0.25, 0.3) is 5.91 Å². The average molecular weight is 422 g/mol. The third-order valence-electron chi connectivity index (χ3n) is 4.42. The Bertz CT molecular complexity index is 966. The molecule has 2 aromatic carbocycles. The molecule has 1 saturated heterocycles. The Kier molecular flexibility index (Phi) is 5.49. The minimum atomic E-state index is -1.36. The number of imide groups is 1. The highest BCUT2D eigenvalue weighted by Crippen LogP contribution is 2.33. The summed E-state index contributed by atoms with van der Waals surface area (Å²) in [5.41, 5.74) is -0.570. The van der Waals surface area contributed by atoms with Crippen LogP contribution in [0.15, 0.2) is 42.5 Å². The van der Waals surface area contributed by atoms with Gasteiger partial charge in [-0.15, -0.1) is 0 Å². The topological polar surface area (TPSA) is 87.7 Å². The molecule has 28 heavy (non-hydrogen) atoms. The lowest BCUT2D eigenvalue weighted by Crippen LogP contribution is -2.42. The molecule has 1 unspecified atom stereocenters. The Balaban J connectivity index is 1.79. The van der Waals surface area contributed by atoms with Gasteiger partial charge in [0.2, 0.25) is 5.91 Å². The highest BCUT2D eigenvalue weighted by molar-refractivity contribution is 6.32. The number of halogens is 2. The van der Waals surface area contributed by atoms with Gasteiger partial charge in [-0.2, -0.15) is 0 Å². The van der Waals surface area contributed by atoms with Crippen LogP contribution in [-0.2, 0) is 15.1 Å². The smallest absolute Gasteiger partial charge is 0.325 e. The maximum absolute atomic E-state index is 12.9. The molecule has 1 atom stereocenters. The Hall–Kier alpha value is -2.77. The summed E-state index contributed by atoms with van der Waals surface area (Å²) in [6, 6.07) is 10.8. The van der Waals surface area contributed by atoms with Gasteiger partial charge in [0, 0.05) is 15.6 Å². The molecule has 3 rings (SSSR count). The van der Waals surface area contributed by atoms with Gasteiger partial charge >= 0.3 is 6.03 Å². The van der Waals surface area contributed by atoms with Gasteiger partial charge in [-0.05, 0) is 31.2 Å². The van der Waals surface area contributed by atoms with Crippen molar-refractivity contribution in [1.29, 1.82) is 0 Å². The van der Waals surface area contributed by atoms with E-state index in [-0.39, 0.29) is 0 Å². The summed E-state index contributed by atoms with van der Waals surface area (Å²) in [7, 11) is 1.45. The largest absolute Gasteiger partial charge is 0.495 e. The first kappa shape index (κ1) is 20.0. The van der Waals surface area contributed by atoms with Crippen LogP contribution < -0.4 is 15.4 Å². The van der Waals surface area contributed by atoms with Crippen molar-refractivity contribution in [3.63, 3.8) is 0 Å². The second kappa shape index (κ2) is 7.69. The SMILES string of the molecule is COc1ccc(Cl)cc1NC(=O)CN1C(=O)NC(C)(c2ccccc2Cl)C1=O. The molecule has 0 radical (unpaired) electrons. The first-order valence-corrected chi connectivity index (χ1v) is 9.04. The quantitative estimate of drug-likeness (QED) is 0.723. The molecule has 0 saturated carbocycles. The van der Waals surface area contributed by atoms with Gasteiger partial charge in [-0.25, -0.2) is 4.79 Å². The number of carbonyl (C=O) groups is 3. The van der Waals surface area contributed by atoms with Crippen LogP contribution in [0.4, 0.5) is 10.5 Å². The summed E-state index contributed by atoms with van der Waals surface area (Å²) in [6.45, 7) is 1.08. The molecular formula is C19H17Cl2N3O4. The first-order valence-electron chi connectivity index (χ1n) is 8.29. The molecule has 0 spiro atoms. The molecule has 1 heterocycles. The van der Waals surface area contributed by atoms with Crippen molar-refractivity contribution in [1.82, 2.24) is 10.2 Å². The molecule has 0 bridgehead atoms. The highest BCUT2D eigenvalue weighted by Gasteiger charge is 2.50. The van der Waals surface area contributed by atoms with Crippen LogP contribution in [0, 0.1) is 0 Å². The molecular weight excluding hydrogens is 405 g/mol. The fourth-order valence-electron chi connectivity index (χ4n) is 3.00. The molecule has 1 aliphatic heterocycles. The Labute approximate surface area is 171 Å². The fourth-order valence-corrected chi connectivity index (χ4v) is 3.50. The van der Waals surface area contributed by atoms with Gasteiger partial charge in [0.15, 0.2) is 0 Å². The summed E-state index contributed by atoms with van der Waals surface area (Å²) < 4.78 is 5.17. The third kappa shape index (κ3) is 3.63. The monoisotopic (exact) mass is 421 g/mol. The van der Waals surface area contributed by atoms with E-state index in [1.165, 1.54) is 13.2 Å². The van der Waals surface area contributed by atoms with Gasteiger partial charge < -0.3 is 15.4 Å². The van der Waals surface area contributed by atoms with Crippen molar-refractivity contribution >= 4 is 46.7 Å². The number of methoxy groups -OCH3 is 1. The summed E-state index contributed by atoms with van der Waals surface area (Å²) >= 11 is 12.1. The minimum absolute atomic E-state index is 0.334. The van der Waals surface area contributed by atoms with E-state index in [1.807, 2.05) is 0 Å². The molecule has 2 N–H and O–H groups in total. The van der Waals surface area contributed by atoms with Gasteiger partial charge in [-0.3, -0.25) is 14.5 Å². The van der Waals surface area contributed by atoms with Crippen LogP contribution in [0.2, 0.25) is 10.0 Å². The lowest BCUT2D eigenvalue weighted by molar-refractivity contribution is -0.133. The molecule has 1 fully saturated rings. The fraction of sp³-hybridized carbons (Fsp3) is 0.211. The first-order chi connectivity index (χ1) is 13.3. The molecule has 0 aromatic heterocycles. The number of anilines is 1. The summed E-state index contributed by atoms with van der Waals surface area (Å²) in [5, 5.41) is 5.96. The minimum Gasteiger partial charge on any atom is -0.495 e. The van der Waals surface area contributed by atoms with E-state index < -0.39 is 29.9 Å². The zero-order valence-corrected chi connectivity index (χ0v) is 16.6. The van der Waals surface area contributed by atoms with Crippen molar-refractivity contribution in [3.8, 4) is 5.75 Å². The number of hydrogen-bond donors (Lipinski definition) is 2. The van der Waals surface area contributed by atoms with Crippen molar-refractivity contribution in [2.24, 2.45) is 0 Å². The maximum atomic E-state index is 12.9. The standard InChI is InChI=1S/C19H17Cl2N3O4/c1-19(12-5-3-4-6-13(12)21)17(26)24(18(27)23-19)10-16(25)22-14-9-11(20)7-8-15(14)28-2/h3-9H,10H2,1-2H3,(H,22,25)(H,23,27). The molecule has 146 valence electrons. The van der Waals surface area contributed by atoms with Crippen LogP contribution in [0.3, 0.4) is 0 Å². The van der Waals surface area contributed by atoms with Gasteiger partial charge in [0.05, 0.1) is 12.8 Å². The van der Waals surface area contributed by atoms with E-state index in [9.17, 15) is 14.4 Å². The molecule has 2 aromatic rings. The lowest BCUT2D eigenvalue weighted by atomic mass is 9.92. The number of nitrogens with one attached hydrogen (secondary N) is 2. The zero-order valence-electron chi connectivity index (χ0n) is 15.1. The number of carbonyl (C=O) groups excluding carboxylic acids is 3. The van der Waals surface area contributed by atoms with Crippen LogP contribution in [0.1, 0.15) is 12.5 Å². The lowest BCUT2D eigenvalue weighted by Gasteiger charge is -2.23. The average Bonchev–Trinajstić information content (AvgIpc) is 2.86. The molecule has 7 nitrogen and oxygen atoms in total. The summed E-state index contributed by atoms with van der Waals surface area (Å²) in [5.74, 6) is -0.748. The normalized spacial score (nSPS) is 18.8. The number of ether oxygens (including phenoxy) is 1. The Morgan fingerprint density at radius 1 is 1.21 bits per heavy atom. The van der Waals surface area contributed by atoms with Crippen molar-refractivity contribution in [3.05, 3.63) is 58.1 Å².